The average Bonchev–Trinajstić information content (AvgIpc) is 3.20. The first kappa shape index (κ1) is 55.6. The monoisotopic (exact) mass is 864 g/mol. The zero-order chi connectivity index (χ0) is 43.6. The van der Waals surface area contributed by atoms with Gasteiger partial charge < -0.3 is 40.3 Å². The van der Waals surface area contributed by atoms with Crippen LogP contribution < -0.4 is 5.32 Å². The summed E-state index contributed by atoms with van der Waals surface area (Å²) < 4.78 is 47.4. The summed E-state index contributed by atoms with van der Waals surface area (Å²) in [6.07, 6.45) is 28.4. The van der Waals surface area contributed by atoms with Crippen LogP contribution in [0.25, 0.3) is 0 Å². The van der Waals surface area contributed by atoms with Crippen molar-refractivity contribution in [1.29, 1.82) is 0 Å². The molecule has 0 bridgehead atoms. The van der Waals surface area contributed by atoms with Crippen LogP contribution in [0.5, 0.6) is 0 Å². The van der Waals surface area contributed by atoms with Crippen molar-refractivity contribution in [3.63, 3.8) is 0 Å². The third-order valence-electron chi connectivity index (χ3n) is 11.1. The highest BCUT2D eigenvalue weighted by molar-refractivity contribution is 7.80. The van der Waals surface area contributed by atoms with Gasteiger partial charge in [0.25, 0.3) is 0 Å². The molecule has 0 aliphatic carbocycles. The van der Waals surface area contributed by atoms with E-state index in [2.05, 4.69) is 35.5 Å². The first-order valence-electron chi connectivity index (χ1n) is 23.3. The van der Waals surface area contributed by atoms with Crippen molar-refractivity contribution in [1.82, 2.24) is 5.32 Å². The van der Waals surface area contributed by atoms with Gasteiger partial charge in [-0.2, -0.15) is 8.42 Å². The van der Waals surface area contributed by atoms with Crippen LogP contribution in [-0.2, 0) is 28.9 Å². The van der Waals surface area contributed by atoms with Gasteiger partial charge >= 0.3 is 10.4 Å². The van der Waals surface area contributed by atoms with Crippen LogP contribution in [0, 0.1) is 0 Å². The lowest BCUT2D eigenvalue weighted by Gasteiger charge is -2.41. The number of carbonyl (C=O) groups excluding carboxylic acids is 1. The normalized spacial score (nSPS) is 21.7. The summed E-state index contributed by atoms with van der Waals surface area (Å²) in [6, 6.07) is -1.13. The number of hydrogen-bond acceptors (Lipinski definition) is 11. The molecule has 1 aliphatic rings. The molecular weight excluding hydrogens is 779 g/mol. The van der Waals surface area contributed by atoms with E-state index < -0.39 is 78.5 Å². The fraction of sp³-hybridized carbons (Fsp3) is 0.889. The molecule has 59 heavy (non-hydrogen) atoms. The summed E-state index contributed by atoms with van der Waals surface area (Å²) >= 11 is 0. The van der Waals surface area contributed by atoms with E-state index in [1.807, 2.05) is 0 Å². The maximum atomic E-state index is 13.1. The van der Waals surface area contributed by atoms with Crippen LogP contribution in [0.1, 0.15) is 194 Å². The molecule has 7 N–H and O–H groups in total. The number of aliphatic hydroxyl groups excluding tert-OH is 5. The lowest BCUT2D eigenvalue weighted by atomic mass is 9.99. The third kappa shape index (κ3) is 28.7. The van der Waals surface area contributed by atoms with Crippen LogP contribution in [-0.4, -0.2) is 107 Å². The number of carbonyl (C=O) groups is 1. The number of aliphatic hydroxyl groups is 5. The highest BCUT2D eigenvalue weighted by Crippen LogP contribution is 2.26. The molecule has 1 rings (SSSR count). The molecule has 348 valence electrons. The first-order chi connectivity index (χ1) is 28.4. The summed E-state index contributed by atoms with van der Waals surface area (Å²) in [6.45, 7) is 3.18. The number of allylic oxidation sites excluding steroid dienone is 3. The van der Waals surface area contributed by atoms with Crippen molar-refractivity contribution in [2.24, 2.45) is 0 Å². The summed E-state index contributed by atoms with van der Waals surface area (Å²) in [5.41, 5.74) is 0. The Labute approximate surface area is 357 Å². The van der Waals surface area contributed by atoms with Crippen LogP contribution in [0.4, 0.5) is 0 Å². The molecule has 0 saturated carbocycles. The van der Waals surface area contributed by atoms with Gasteiger partial charge in [-0.25, -0.2) is 4.18 Å². The Balaban J connectivity index is 2.56. The number of unbranched alkanes of at least 4 members (excludes halogenated alkanes) is 24. The van der Waals surface area contributed by atoms with Gasteiger partial charge in [-0.05, 0) is 32.1 Å². The standard InChI is InChI=1S/C45H85NO12S/c1-3-5-7-9-11-13-15-17-18-19-20-21-22-24-26-28-30-32-34-39(49)44(52)46-37(38(48)33-31-29-27-25-23-16-14-12-10-8-6-4-2)36-56-45-42(51)43(58-59(53,54)55)41(50)40(35-47)57-45/h23,25,31,33,37-43,45,47-51H,3-22,24,26-30,32,34-36H2,1-2H3,(H,46,52)(H,53,54,55)/b25-23+,33-31+. The minimum absolute atomic E-state index is 0.240. The summed E-state index contributed by atoms with van der Waals surface area (Å²) in [7, 11) is -5.12. The second-order valence-electron chi connectivity index (χ2n) is 16.5. The lowest BCUT2D eigenvalue weighted by molar-refractivity contribution is -0.298. The van der Waals surface area contributed by atoms with Crippen LogP contribution in [0.3, 0.4) is 0 Å². The fourth-order valence-corrected chi connectivity index (χ4v) is 7.87. The Hall–Kier alpha value is -1.46. The van der Waals surface area contributed by atoms with E-state index in [0.29, 0.717) is 12.8 Å². The zero-order valence-corrected chi connectivity index (χ0v) is 37.5. The Bertz CT molecular complexity index is 1170. The van der Waals surface area contributed by atoms with E-state index in [-0.39, 0.29) is 6.42 Å². The Morgan fingerprint density at radius 1 is 0.678 bits per heavy atom. The van der Waals surface area contributed by atoms with Crippen LogP contribution in [0.2, 0.25) is 0 Å². The number of amides is 1. The molecule has 1 saturated heterocycles. The van der Waals surface area contributed by atoms with Gasteiger partial charge in [0.05, 0.1) is 25.4 Å². The van der Waals surface area contributed by atoms with E-state index in [1.165, 1.54) is 128 Å². The zero-order valence-electron chi connectivity index (χ0n) is 36.7. The van der Waals surface area contributed by atoms with Crippen molar-refractivity contribution in [3.05, 3.63) is 24.3 Å². The molecule has 1 heterocycles. The van der Waals surface area contributed by atoms with E-state index in [9.17, 15) is 38.7 Å². The maximum absolute atomic E-state index is 13.1. The number of hydrogen-bond donors (Lipinski definition) is 7. The Morgan fingerprint density at radius 3 is 1.63 bits per heavy atom. The molecule has 1 amide bonds. The van der Waals surface area contributed by atoms with Gasteiger partial charge in [0, 0.05) is 0 Å². The molecule has 8 unspecified atom stereocenters. The number of rotatable bonds is 39. The van der Waals surface area contributed by atoms with Gasteiger partial charge in [0.15, 0.2) is 6.29 Å². The first-order valence-corrected chi connectivity index (χ1v) is 24.7. The fourth-order valence-electron chi connectivity index (χ4n) is 7.36. The van der Waals surface area contributed by atoms with Crippen LogP contribution in [0.15, 0.2) is 24.3 Å². The van der Waals surface area contributed by atoms with Gasteiger partial charge in [0.2, 0.25) is 5.91 Å². The topological polar surface area (TPSA) is 212 Å². The molecule has 0 radical (unpaired) electrons. The Kier molecular flexibility index (Phi) is 34.0. The predicted octanol–water partition coefficient (Wildman–Crippen LogP) is 7.91. The molecule has 13 nitrogen and oxygen atoms in total. The quantitative estimate of drug-likeness (QED) is 0.0179. The second-order valence-corrected chi connectivity index (χ2v) is 17.5. The van der Waals surface area contributed by atoms with Gasteiger partial charge in [-0.1, -0.05) is 186 Å². The van der Waals surface area contributed by atoms with E-state index in [1.54, 1.807) is 6.08 Å². The molecule has 0 spiro atoms. The van der Waals surface area contributed by atoms with Gasteiger partial charge in [-0.15, -0.1) is 0 Å². The number of ether oxygens (including phenoxy) is 2. The van der Waals surface area contributed by atoms with Crippen molar-refractivity contribution in [3.8, 4) is 0 Å². The number of nitrogens with one attached hydrogen (secondary N) is 1. The molecule has 14 heteroatoms. The SMILES string of the molecule is CCCCCCCC/C=C/CC/C=C/C(O)C(COC1OC(CO)C(O)C(OS(=O)(=O)O)C1O)NC(=O)C(O)CCCCCCCCCCCCCCCCCCCC. The Morgan fingerprint density at radius 2 is 1.14 bits per heavy atom. The van der Waals surface area contributed by atoms with Crippen molar-refractivity contribution in [2.45, 2.75) is 243 Å². The maximum Gasteiger partial charge on any atom is 0.397 e. The molecule has 8 atom stereocenters. The lowest BCUT2D eigenvalue weighted by Crippen LogP contribution is -2.61. The summed E-state index contributed by atoms with van der Waals surface area (Å²) in [4.78, 5) is 13.1. The summed E-state index contributed by atoms with van der Waals surface area (Å²) in [5, 5.41) is 55.1. The minimum Gasteiger partial charge on any atom is -0.394 e. The van der Waals surface area contributed by atoms with Crippen molar-refractivity contribution >= 4 is 16.3 Å². The van der Waals surface area contributed by atoms with Crippen molar-refractivity contribution in [2.75, 3.05) is 13.2 Å². The third-order valence-corrected chi connectivity index (χ3v) is 11.6. The molecule has 0 aromatic heterocycles. The largest absolute Gasteiger partial charge is 0.397 e. The van der Waals surface area contributed by atoms with E-state index >= 15 is 0 Å². The highest BCUT2D eigenvalue weighted by Gasteiger charge is 2.48. The van der Waals surface area contributed by atoms with Crippen molar-refractivity contribution < 1.29 is 57.0 Å². The van der Waals surface area contributed by atoms with E-state index in [4.69, 9.17) is 14.0 Å². The molecule has 1 fully saturated rings. The molecule has 0 aromatic carbocycles. The smallest absolute Gasteiger partial charge is 0.394 e. The second kappa shape index (κ2) is 36.1. The molecular formula is C45H85NO12S. The van der Waals surface area contributed by atoms with Crippen LogP contribution >= 0.6 is 0 Å². The molecule has 0 aromatic rings. The predicted molar refractivity (Wildman–Crippen MR) is 233 cm³/mol. The van der Waals surface area contributed by atoms with E-state index in [0.717, 1.165) is 38.5 Å². The van der Waals surface area contributed by atoms with Gasteiger partial charge in [0.1, 0.15) is 30.5 Å². The highest BCUT2D eigenvalue weighted by atomic mass is 32.3. The molecule has 1 aliphatic heterocycles. The minimum atomic E-state index is -5.12. The van der Waals surface area contributed by atoms with Gasteiger partial charge in [-0.3, -0.25) is 9.35 Å². The summed E-state index contributed by atoms with van der Waals surface area (Å²) in [5.74, 6) is -0.711. The average molecular weight is 864 g/mol.